The van der Waals surface area contributed by atoms with Crippen LogP contribution in [0.15, 0.2) is 34.7 Å². The van der Waals surface area contributed by atoms with Crippen LogP contribution in [0.1, 0.15) is 49.5 Å². The van der Waals surface area contributed by atoms with Gasteiger partial charge in [-0.25, -0.2) is 9.37 Å². The first-order valence-corrected chi connectivity index (χ1v) is 9.62. The molecule has 9 heteroatoms. The van der Waals surface area contributed by atoms with Crippen molar-refractivity contribution >= 4 is 11.8 Å². The SMILES string of the molecule is CC(=O)N(C)CCCCCn1cnc(C(=O)NCC2=CC=C(F)CC2)c(O)c1=O. The van der Waals surface area contributed by atoms with Crippen LogP contribution in [0, 0.1) is 0 Å². The van der Waals surface area contributed by atoms with Crippen molar-refractivity contribution in [2.45, 2.75) is 45.6 Å². The molecule has 8 nitrogen and oxygen atoms in total. The minimum Gasteiger partial charge on any atom is -0.501 e. The number of allylic oxidation sites excluding steroid dienone is 3. The number of unbranched alkanes of at least 4 members (excludes halogenated alkanes) is 2. The van der Waals surface area contributed by atoms with Crippen LogP contribution in [0.2, 0.25) is 0 Å². The van der Waals surface area contributed by atoms with Crippen LogP contribution in [0.3, 0.4) is 0 Å². The van der Waals surface area contributed by atoms with Crippen LogP contribution >= 0.6 is 0 Å². The van der Waals surface area contributed by atoms with Gasteiger partial charge in [-0.15, -0.1) is 0 Å². The van der Waals surface area contributed by atoms with Crippen LogP contribution in [-0.4, -0.2) is 51.5 Å². The van der Waals surface area contributed by atoms with Crippen molar-refractivity contribution in [1.29, 1.82) is 0 Å². The predicted molar refractivity (Wildman–Crippen MR) is 106 cm³/mol. The molecule has 0 aliphatic heterocycles. The Labute approximate surface area is 168 Å². The Morgan fingerprint density at radius 3 is 2.69 bits per heavy atom. The maximum Gasteiger partial charge on any atom is 0.296 e. The quantitative estimate of drug-likeness (QED) is 0.610. The van der Waals surface area contributed by atoms with Crippen LogP contribution < -0.4 is 10.9 Å². The molecular weight excluding hydrogens is 379 g/mol. The molecule has 1 aliphatic carbocycles. The number of aromatic nitrogens is 2. The van der Waals surface area contributed by atoms with Gasteiger partial charge in [0.1, 0.15) is 5.83 Å². The Morgan fingerprint density at radius 2 is 2.03 bits per heavy atom. The van der Waals surface area contributed by atoms with E-state index in [1.165, 1.54) is 23.9 Å². The summed E-state index contributed by atoms with van der Waals surface area (Å²) in [6.07, 6.45) is 7.31. The number of amides is 2. The average Bonchev–Trinajstić information content (AvgIpc) is 2.70. The summed E-state index contributed by atoms with van der Waals surface area (Å²) in [7, 11) is 1.73. The van der Waals surface area contributed by atoms with E-state index in [2.05, 4.69) is 10.3 Å². The summed E-state index contributed by atoms with van der Waals surface area (Å²) >= 11 is 0. The first-order valence-electron chi connectivity index (χ1n) is 9.62. The molecule has 0 fully saturated rings. The molecule has 0 saturated carbocycles. The number of halogens is 1. The van der Waals surface area contributed by atoms with Crippen LogP contribution in [0.5, 0.6) is 5.75 Å². The first-order chi connectivity index (χ1) is 13.8. The zero-order valence-corrected chi connectivity index (χ0v) is 16.8. The lowest BCUT2D eigenvalue weighted by atomic mass is 10.0. The molecule has 0 radical (unpaired) electrons. The minimum absolute atomic E-state index is 0.00705. The van der Waals surface area contributed by atoms with E-state index < -0.39 is 17.2 Å². The lowest BCUT2D eigenvalue weighted by Crippen LogP contribution is -2.30. The second-order valence-corrected chi connectivity index (χ2v) is 7.06. The standard InChI is InChI=1S/C20H27FN4O4/c1-14(26)24(2)10-4-3-5-11-25-13-23-17(18(27)20(25)29)19(28)22-12-15-6-8-16(21)9-7-15/h6,8,13,27H,3-5,7,9-12H2,1-2H3,(H,22,28). The maximum atomic E-state index is 13.0. The number of carbonyl (C=O) groups is 2. The van der Waals surface area contributed by atoms with E-state index in [0.717, 1.165) is 18.4 Å². The Hall–Kier alpha value is -2.97. The Morgan fingerprint density at radius 1 is 1.28 bits per heavy atom. The van der Waals surface area contributed by atoms with Gasteiger partial charge < -0.3 is 15.3 Å². The third-order valence-corrected chi connectivity index (χ3v) is 4.82. The second kappa shape index (κ2) is 10.5. The van der Waals surface area contributed by atoms with Crippen LogP contribution in [0.25, 0.3) is 0 Å². The van der Waals surface area contributed by atoms with E-state index in [1.54, 1.807) is 18.0 Å². The molecule has 1 heterocycles. The van der Waals surface area contributed by atoms with Gasteiger partial charge >= 0.3 is 0 Å². The molecule has 0 unspecified atom stereocenters. The Balaban J connectivity index is 1.87. The number of rotatable bonds is 9. The second-order valence-electron chi connectivity index (χ2n) is 7.06. The van der Waals surface area contributed by atoms with Crippen molar-refractivity contribution in [2.75, 3.05) is 20.1 Å². The molecule has 1 aromatic rings. The van der Waals surface area contributed by atoms with E-state index in [1.807, 2.05) is 0 Å². The molecule has 1 aliphatic rings. The lowest BCUT2D eigenvalue weighted by Gasteiger charge is -2.14. The summed E-state index contributed by atoms with van der Waals surface area (Å²) in [5.74, 6) is -1.54. The third kappa shape index (κ3) is 6.55. The summed E-state index contributed by atoms with van der Waals surface area (Å²) in [5.41, 5.74) is -0.150. The normalized spacial score (nSPS) is 13.5. The fourth-order valence-corrected chi connectivity index (χ4v) is 2.85. The molecule has 0 spiro atoms. The number of aryl methyl sites for hydroxylation is 1. The number of hydrogen-bond acceptors (Lipinski definition) is 5. The fraction of sp³-hybridized carbons (Fsp3) is 0.500. The van der Waals surface area contributed by atoms with Gasteiger partial charge in [0.05, 0.1) is 6.33 Å². The van der Waals surface area contributed by atoms with Crippen molar-refractivity contribution in [3.05, 3.63) is 45.9 Å². The number of carbonyl (C=O) groups excluding carboxylic acids is 2. The first kappa shape index (κ1) is 22.3. The van der Waals surface area contributed by atoms with E-state index in [-0.39, 0.29) is 24.0 Å². The third-order valence-electron chi connectivity index (χ3n) is 4.82. The Bertz CT molecular complexity index is 876. The summed E-state index contributed by atoms with van der Waals surface area (Å²) < 4.78 is 14.3. The number of hydrogen-bond donors (Lipinski definition) is 2. The van der Waals surface area contributed by atoms with Crippen molar-refractivity contribution in [3.63, 3.8) is 0 Å². The number of nitrogens with one attached hydrogen (secondary N) is 1. The lowest BCUT2D eigenvalue weighted by molar-refractivity contribution is -0.127. The molecule has 0 atom stereocenters. The maximum absolute atomic E-state index is 13.0. The number of aromatic hydroxyl groups is 1. The van der Waals surface area contributed by atoms with Gasteiger partial charge in [0.25, 0.3) is 11.5 Å². The van der Waals surface area contributed by atoms with Crippen LogP contribution in [0.4, 0.5) is 4.39 Å². The van der Waals surface area contributed by atoms with Gasteiger partial charge in [-0.05, 0) is 31.8 Å². The molecule has 158 valence electrons. The molecule has 1 aromatic heterocycles. The smallest absolute Gasteiger partial charge is 0.296 e. The van der Waals surface area contributed by atoms with Crippen molar-refractivity contribution in [2.24, 2.45) is 0 Å². The molecule has 0 aromatic carbocycles. The van der Waals surface area contributed by atoms with Crippen LogP contribution in [-0.2, 0) is 11.3 Å². The summed E-state index contributed by atoms with van der Waals surface area (Å²) in [4.78, 5) is 41.2. The molecule has 2 N–H and O–H groups in total. The highest BCUT2D eigenvalue weighted by Gasteiger charge is 2.18. The molecule has 2 rings (SSSR count). The Kier molecular flexibility index (Phi) is 8.11. The van der Waals surface area contributed by atoms with Gasteiger partial charge in [0.2, 0.25) is 11.7 Å². The van der Waals surface area contributed by atoms with Gasteiger partial charge in [0.15, 0.2) is 5.69 Å². The highest BCUT2D eigenvalue weighted by atomic mass is 19.1. The molecule has 29 heavy (non-hydrogen) atoms. The predicted octanol–water partition coefficient (Wildman–Crippen LogP) is 1.90. The van der Waals surface area contributed by atoms with Gasteiger partial charge in [-0.1, -0.05) is 11.6 Å². The molecule has 0 bridgehead atoms. The van der Waals surface area contributed by atoms with E-state index in [0.29, 0.717) is 32.4 Å². The summed E-state index contributed by atoms with van der Waals surface area (Å²) in [6, 6.07) is 0. The van der Waals surface area contributed by atoms with E-state index in [9.17, 15) is 23.9 Å². The van der Waals surface area contributed by atoms with Gasteiger partial charge in [0, 0.05) is 40.0 Å². The average molecular weight is 406 g/mol. The topological polar surface area (TPSA) is 105 Å². The van der Waals surface area contributed by atoms with Gasteiger partial charge in [-0.2, -0.15) is 0 Å². The zero-order valence-electron chi connectivity index (χ0n) is 16.8. The minimum atomic E-state index is -0.690. The molecule has 2 amide bonds. The molecule has 0 saturated heterocycles. The monoisotopic (exact) mass is 406 g/mol. The number of nitrogens with zero attached hydrogens (tertiary/aromatic N) is 3. The van der Waals surface area contributed by atoms with Crippen molar-refractivity contribution < 1.29 is 19.1 Å². The fourth-order valence-electron chi connectivity index (χ4n) is 2.85. The van der Waals surface area contributed by atoms with E-state index >= 15 is 0 Å². The van der Waals surface area contributed by atoms with Gasteiger partial charge in [-0.3, -0.25) is 19.0 Å². The zero-order chi connectivity index (χ0) is 21.4. The highest BCUT2D eigenvalue weighted by Crippen LogP contribution is 2.18. The largest absolute Gasteiger partial charge is 0.501 e. The molecular formula is C20H27FN4O4. The van der Waals surface area contributed by atoms with Crippen molar-refractivity contribution in [3.8, 4) is 5.75 Å². The van der Waals surface area contributed by atoms with Crippen molar-refractivity contribution in [1.82, 2.24) is 19.8 Å². The highest BCUT2D eigenvalue weighted by molar-refractivity contribution is 5.94. The summed E-state index contributed by atoms with van der Waals surface area (Å²) in [5, 5.41) is 12.7. The van der Waals surface area contributed by atoms with E-state index in [4.69, 9.17) is 0 Å². The summed E-state index contributed by atoms with van der Waals surface area (Å²) in [6.45, 7) is 2.71.